The van der Waals surface area contributed by atoms with Crippen LogP contribution in [0.4, 0.5) is 4.39 Å². The average molecular weight is 281 g/mol. The van der Waals surface area contributed by atoms with Gasteiger partial charge in [-0.1, -0.05) is 17.7 Å². The first-order valence-corrected chi connectivity index (χ1v) is 6.17. The highest BCUT2D eigenvalue weighted by Gasteiger charge is 2.13. The summed E-state index contributed by atoms with van der Waals surface area (Å²) in [6, 6.07) is 6.20. The second-order valence-corrected chi connectivity index (χ2v) is 4.58. The maximum absolute atomic E-state index is 13.4. The Morgan fingerprint density at radius 3 is 2.89 bits per heavy atom. The molecule has 0 spiro atoms. The Hall–Kier alpha value is -1.65. The van der Waals surface area contributed by atoms with E-state index >= 15 is 0 Å². The third kappa shape index (κ3) is 3.22. The summed E-state index contributed by atoms with van der Waals surface area (Å²) in [5.74, 6) is 0.192. The molecule has 1 atom stereocenters. The molecule has 3 nitrogen and oxygen atoms in total. The average Bonchev–Trinajstić information content (AvgIpc) is 2.43. The van der Waals surface area contributed by atoms with Crippen LogP contribution in [0, 0.1) is 5.82 Å². The molecule has 1 unspecified atom stereocenters. The summed E-state index contributed by atoms with van der Waals surface area (Å²) in [5.41, 5.74) is 7.75. The first-order valence-electron chi connectivity index (χ1n) is 5.79. The van der Waals surface area contributed by atoms with Gasteiger partial charge >= 0.3 is 0 Å². The molecule has 0 aliphatic carbocycles. The zero-order valence-electron chi connectivity index (χ0n) is 10.4. The van der Waals surface area contributed by atoms with E-state index < -0.39 is 5.82 Å². The minimum Gasteiger partial charge on any atom is -0.495 e. The smallest absolute Gasteiger partial charge is 0.142 e. The largest absolute Gasteiger partial charge is 0.495 e. The molecule has 0 aliphatic rings. The molecule has 1 aromatic carbocycles. The van der Waals surface area contributed by atoms with Gasteiger partial charge in [-0.2, -0.15) is 0 Å². The van der Waals surface area contributed by atoms with E-state index in [4.69, 9.17) is 22.1 Å². The number of hydrogen-bond donors (Lipinski definition) is 1. The Morgan fingerprint density at radius 2 is 2.21 bits per heavy atom. The minimum absolute atomic E-state index is 0.110. The molecule has 2 rings (SSSR count). The van der Waals surface area contributed by atoms with Crippen molar-refractivity contribution in [3.63, 3.8) is 0 Å². The number of halogens is 2. The van der Waals surface area contributed by atoms with E-state index in [-0.39, 0.29) is 11.1 Å². The Morgan fingerprint density at radius 1 is 1.42 bits per heavy atom. The summed E-state index contributed by atoms with van der Waals surface area (Å²) in [6.07, 6.45) is 3.76. The number of benzene rings is 1. The lowest BCUT2D eigenvalue weighted by Crippen LogP contribution is -2.14. The molecule has 100 valence electrons. The van der Waals surface area contributed by atoms with Crippen molar-refractivity contribution in [1.29, 1.82) is 0 Å². The lowest BCUT2D eigenvalue weighted by Gasteiger charge is -2.15. The van der Waals surface area contributed by atoms with E-state index in [9.17, 15) is 4.39 Å². The van der Waals surface area contributed by atoms with Crippen LogP contribution < -0.4 is 10.5 Å². The molecular weight excluding hydrogens is 267 g/mol. The third-order valence-electron chi connectivity index (χ3n) is 2.88. The molecule has 0 saturated carbocycles. The van der Waals surface area contributed by atoms with Crippen LogP contribution in [0.5, 0.6) is 5.75 Å². The van der Waals surface area contributed by atoms with E-state index in [0.717, 1.165) is 11.1 Å². The quantitative estimate of drug-likeness (QED) is 0.936. The topological polar surface area (TPSA) is 48.1 Å². The molecule has 19 heavy (non-hydrogen) atoms. The van der Waals surface area contributed by atoms with Crippen molar-refractivity contribution in [2.75, 3.05) is 7.11 Å². The van der Waals surface area contributed by atoms with Crippen LogP contribution in [0.3, 0.4) is 0 Å². The van der Waals surface area contributed by atoms with Crippen LogP contribution in [0.1, 0.15) is 17.2 Å². The highest BCUT2D eigenvalue weighted by molar-refractivity contribution is 6.30. The highest BCUT2D eigenvalue weighted by Crippen LogP contribution is 2.25. The highest BCUT2D eigenvalue weighted by atomic mass is 35.5. The molecule has 0 aliphatic heterocycles. The summed E-state index contributed by atoms with van der Waals surface area (Å²) in [4.78, 5) is 3.97. The zero-order chi connectivity index (χ0) is 13.8. The van der Waals surface area contributed by atoms with Crippen LogP contribution in [0.2, 0.25) is 5.02 Å². The van der Waals surface area contributed by atoms with Gasteiger partial charge in [0, 0.05) is 17.8 Å². The summed E-state index contributed by atoms with van der Waals surface area (Å²) in [6.45, 7) is 0. The van der Waals surface area contributed by atoms with Crippen LogP contribution in [-0.4, -0.2) is 12.1 Å². The summed E-state index contributed by atoms with van der Waals surface area (Å²) >= 11 is 5.65. The molecule has 0 amide bonds. The molecule has 0 radical (unpaired) electrons. The fourth-order valence-electron chi connectivity index (χ4n) is 1.90. The number of pyridine rings is 1. The number of nitrogens with two attached hydrogens (primary N) is 1. The van der Waals surface area contributed by atoms with Crippen molar-refractivity contribution in [3.05, 3.63) is 58.6 Å². The fraction of sp³-hybridized carbons (Fsp3) is 0.214. The van der Waals surface area contributed by atoms with Crippen molar-refractivity contribution >= 4 is 11.6 Å². The Kier molecular flexibility index (Phi) is 4.35. The van der Waals surface area contributed by atoms with Gasteiger partial charge in [0.2, 0.25) is 0 Å². The van der Waals surface area contributed by atoms with Gasteiger partial charge in [-0.15, -0.1) is 0 Å². The lowest BCUT2D eigenvalue weighted by atomic mass is 10.00. The van der Waals surface area contributed by atoms with Crippen molar-refractivity contribution in [1.82, 2.24) is 4.98 Å². The standard InChI is InChI=1S/C14H14ClFN2O/c1-19-14-8-18-5-4-10(14)13(17)7-9-2-3-11(15)12(16)6-9/h2-6,8,13H,7,17H2,1H3. The first-order chi connectivity index (χ1) is 9.11. The molecule has 1 aromatic heterocycles. The predicted molar refractivity (Wildman–Crippen MR) is 72.8 cm³/mol. The van der Waals surface area contributed by atoms with Gasteiger partial charge in [0.25, 0.3) is 0 Å². The van der Waals surface area contributed by atoms with Gasteiger partial charge in [-0.3, -0.25) is 4.98 Å². The maximum atomic E-state index is 13.4. The molecule has 2 N–H and O–H groups in total. The van der Waals surface area contributed by atoms with E-state index in [1.165, 1.54) is 12.1 Å². The monoisotopic (exact) mass is 280 g/mol. The zero-order valence-corrected chi connectivity index (χ0v) is 11.2. The van der Waals surface area contributed by atoms with E-state index in [2.05, 4.69) is 4.98 Å². The van der Waals surface area contributed by atoms with Crippen molar-refractivity contribution in [2.24, 2.45) is 5.73 Å². The normalized spacial score (nSPS) is 12.2. The number of hydrogen-bond acceptors (Lipinski definition) is 3. The fourth-order valence-corrected chi connectivity index (χ4v) is 2.02. The van der Waals surface area contributed by atoms with E-state index in [1.54, 1.807) is 31.6 Å². The number of methoxy groups -OCH3 is 1. The van der Waals surface area contributed by atoms with Crippen LogP contribution in [0.15, 0.2) is 36.7 Å². The molecule has 0 fully saturated rings. The molecule has 5 heteroatoms. The van der Waals surface area contributed by atoms with Crippen LogP contribution >= 0.6 is 11.6 Å². The number of rotatable bonds is 4. The van der Waals surface area contributed by atoms with Gasteiger partial charge in [0.1, 0.15) is 11.6 Å². The van der Waals surface area contributed by atoms with Gasteiger partial charge < -0.3 is 10.5 Å². The minimum atomic E-state index is -0.437. The lowest BCUT2D eigenvalue weighted by molar-refractivity contribution is 0.403. The maximum Gasteiger partial charge on any atom is 0.142 e. The Bertz CT molecular complexity index is 577. The third-order valence-corrected chi connectivity index (χ3v) is 3.18. The summed E-state index contributed by atoms with van der Waals surface area (Å²) in [7, 11) is 1.56. The SMILES string of the molecule is COc1cnccc1C(N)Cc1ccc(Cl)c(F)c1. The Labute approximate surface area is 116 Å². The molecule has 0 saturated heterocycles. The van der Waals surface area contributed by atoms with Crippen LogP contribution in [0.25, 0.3) is 0 Å². The summed E-state index contributed by atoms with van der Waals surface area (Å²) < 4.78 is 18.6. The number of ether oxygens (including phenoxy) is 1. The second-order valence-electron chi connectivity index (χ2n) is 4.18. The number of aromatic nitrogens is 1. The van der Waals surface area contributed by atoms with Gasteiger partial charge in [0.15, 0.2) is 0 Å². The van der Waals surface area contributed by atoms with Crippen LogP contribution in [-0.2, 0) is 6.42 Å². The van der Waals surface area contributed by atoms with Crippen molar-refractivity contribution in [2.45, 2.75) is 12.5 Å². The van der Waals surface area contributed by atoms with Gasteiger partial charge in [-0.05, 0) is 30.2 Å². The first kappa shape index (κ1) is 13.8. The summed E-state index contributed by atoms with van der Waals surface area (Å²) in [5, 5.41) is 0.110. The predicted octanol–water partition coefficient (Wildman–Crippen LogP) is 3.13. The molecule has 0 bridgehead atoms. The number of nitrogens with zero attached hydrogens (tertiary/aromatic N) is 1. The molecule has 2 aromatic rings. The molecular formula is C14H14ClFN2O. The molecule has 1 heterocycles. The van der Waals surface area contributed by atoms with Gasteiger partial charge in [0.05, 0.1) is 18.3 Å². The van der Waals surface area contributed by atoms with E-state index in [1.807, 2.05) is 0 Å². The van der Waals surface area contributed by atoms with Crippen molar-refractivity contribution in [3.8, 4) is 5.75 Å². The second kappa shape index (κ2) is 5.99. The van der Waals surface area contributed by atoms with E-state index in [0.29, 0.717) is 12.2 Å². The Balaban J connectivity index is 2.20. The van der Waals surface area contributed by atoms with Gasteiger partial charge in [-0.25, -0.2) is 4.39 Å². The van der Waals surface area contributed by atoms with Crippen molar-refractivity contribution < 1.29 is 9.13 Å².